The number of methoxy groups -OCH3 is 1. The highest BCUT2D eigenvalue weighted by Gasteiger charge is 2.20. The minimum atomic E-state index is -5.05. The number of ether oxygens (including phenoxy) is 2. The molecule has 0 bridgehead atoms. The van der Waals surface area contributed by atoms with E-state index >= 15 is 0 Å². The summed E-state index contributed by atoms with van der Waals surface area (Å²) in [6.07, 6.45) is 0. The Morgan fingerprint density at radius 3 is 2.38 bits per heavy atom. The molecule has 1 aromatic rings. The van der Waals surface area contributed by atoms with Gasteiger partial charge in [-0.05, 0) is 12.1 Å². The smallest absolute Gasteiger partial charge is 0.387 e. The van der Waals surface area contributed by atoms with Crippen LogP contribution in [0.3, 0.4) is 0 Å². The van der Waals surface area contributed by atoms with Crippen molar-refractivity contribution in [1.29, 1.82) is 0 Å². The van der Waals surface area contributed by atoms with E-state index in [4.69, 9.17) is 0 Å². The van der Waals surface area contributed by atoms with Gasteiger partial charge in [0.2, 0.25) is 0 Å². The van der Waals surface area contributed by atoms with E-state index < -0.39 is 27.5 Å². The lowest BCUT2D eigenvalue weighted by Gasteiger charge is -2.08. The Bertz CT molecular complexity index is 472. The van der Waals surface area contributed by atoms with E-state index in [1.807, 2.05) is 0 Å². The highest BCUT2D eigenvalue weighted by molar-refractivity contribution is 7.86. The van der Waals surface area contributed by atoms with Crippen molar-refractivity contribution in [1.82, 2.24) is 0 Å². The lowest BCUT2D eigenvalue weighted by atomic mass is 10.3. The predicted molar refractivity (Wildman–Crippen MR) is 47.9 cm³/mol. The average Bonchev–Trinajstić information content (AvgIpc) is 2.15. The average molecular weight is 256 g/mol. The highest BCUT2D eigenvalue weighted by Crippen LogP contribution is 2.30. The number of hydrogen-bond acceptors (Lipinski definition) is 4. The van der Waals surface area contributed by atoms with E-state index in [0.717, 1.165) is 19.2 Å². The zero-order valence-electron chi connectivity index (χ0n) is 7.98. The Hall–Kier alpha value is -1.44. The second-order valence-corrected chi connectivity index (χ2v) is 3.94. The summed E-state index contributed by atoms with van der Waals surface area (Å²) in [5.41, 5.74) is 0. The summed E-state index contributed by atoms with van der Waals surface area (Å²) < 4.78 is 66.2. The van der Waals surface area contributed by atoms with E-state index in [1.165, 1.54) is 0 Å². The fourth-order valence-corrected chi connectivity index (χ4v) is 1.67. The van der Waals surface area contributed by atoms with Crippen LogP contribution in [0, 0.1) is 0 Å². The van der Waals surface area contributed by atoms with Gasteiger partial charge < -0.3 is 9.47 Å². The summed E-state index contributed by atoms with van der Waals surface area (Å²) in [6, 6.07) is 2.68. The van der Waals surface area contributed by atoms with Gasteiger partial charge in [0.1, 0.15) is 16.4 Å². The lowest BCUT2D eigenvalue weighted by molar-refractivity contribution is -0.0500. The molecule has 0 heterocycles. The molecular formula is C8H7F3O4S. The Labute approximate surface area is 89.8 Å². The van der Waals surface area contributed by atoms with Crippen molar-refractivity contribution < 1.29 is 30.6 Å². The molecule has 0 spiro atoms. The maximum absolute atomic E-state index is 12.7. The van der Waals surface area contributed by atoms with Crippen molar-refractivity contribution >= 4 is 10.2 Å². The first-order valence-electron chi connectivity index (χ1n) is 3.92. The van der Waals surface area contributed by atoms with E-state index in [2.05, 4.69) is 9.47 Å². The number of rotatable bonds is 4. The largest absolute Gasteiger partial charge is 0.495 e. The van der Waals surface area contributed by atoms with Gasteiger partial charge in [-0.15, -0.1) is 3.89 Å². The molecule has 0 unspecified atom stereocenters. The Morgan fingerprint density at radius 2 is 1.94 bits per heavy atom. The maximum atomic E-state index is 12.7. The molecule has 0 N–H and O–H groups in total. The molecule has 0 aliphatic carbocycles. The van der Waals surface area contributed by atoms with Crippen LogP contribution in [-0.4, -0.2) is 22.1 Å². The molecule has 0 radical (unpaired) electrons. The van der Waals surface area contributed by atoms with Gasteiger partial charge in [-0.2, -0.15) is 17.2 Å². The predicted octanol–water partition coefficient (Wildman–Crippen LogP) is 1.95. The fraction of sp³-hybridized carbons (Fsp3) is 0.250. The van der Waals surface area contributed by atoms with E-state index in [9.17, 15) is 21.1 Å². The molecule has 0 aliphatic heterocycles. The van der Waals surface area contributed by atoms with Crippen LogP contribution in [0.5, 0.6) is 11.5 Å². The lowest BCUT2D eigenvalue weighted by Crippen LogP contribution is -2.04. The topological polar surface area (TPSA) is 52.6 Å². The van der Waals surface area contributed by atoms with Gasteiger partial charge in [-0.25, -0.2) is 0 Å². The minimum absolute atomic E-state index is 0.288. The normalized spacial score (nSPS) is 11.6. The molecule has 16 heavy (non-hydrogen) atoms. The van der Waals surface area contributed by atoms with Crippen LogP contribution >= 0.6 is 0 Å². The number of benzene rings is 1. The van der Waals surface area contributed by atoms with Crippen LogP contribution in [-0.2, 0) is 10.2 Å². The van der Waals surface area contributed by atoms with Crippen LogP contribution in [0.1, 0.15) is 0 Å². The van der Waals surface area contributed by atoms with Gasteiger partial charge in [-0.1, -0.05) is 0 Å². The number of alkyl halides is 2. The summed E-state index contributed by atoms with van der Waals surface area (Å²) in [6.45, 7) is -3.12. The molecule has 8 heteroatoms. The van der Waals surface area contributed by atoms with E-state index in [1.54, 1.807) is 0 Å². The number of hydrogen-bond donors (Lipinski definition) is 0. The highest BCUT2D eigenvalue weighted by atomic mass is 32.3. The van der Waals surface area contributed by atoms with E-state index in [-0.39, 0.29) is 5.75 Å². The van der Waals surface area contributed by atoms with Gasteiger partial charge in [0.05, 0.1) is 7.11 Å². The van der Waals surface area contributed by atoms with Crippen LogP contribution < -0.4 is 9.47 Å². The summed E-state index contributed by atoms with van der Waals surface area (Å²) in [5.74, 6) is -0.754. The second-order valence-electron chi connectivity index (χ2n) is 2.63. The third-order valence-corrected chi connectivity index (χ3v) is 2.47. The SMILES string of the molecule is COc1ccc(OC(F)F)cc1S(=O)(=O)F. The van der Waals surface area contributed by atoms with Crippen LogP contribution in [0.2, 0.25) is 0 Å². The van der Waals surface area contributed by atoms with Crippen molar-refractivity contribution in [3.05, 3.63) is 18.2 Å². The molecule has 1 aromatic carbocycles. The van der Waals surface area contributed by atoms with Crippen molar-refractivity contribution in [2.45, 2.75) is 11.5 Å². The standard InChI is InChI=1S/C8H7F3O4S/c1-14-6-3-2-5(15-8(9)10)4-7(6)16(11,12)13/h2-4,8H,1H3. The minimum Gasteiger partial charge on any atom is -0.495 e. The molecule has 1 rings (SSSR count). The fourth-order valence-electron chi connectivity index (χ4n) is 1.02. The summed E-state index contributed by atoms with van der Waals surface area (Å²) in [4.78, 5) is -0.854. The zero-order chi connectivity index (χ0) is 12.3. The zero-order valence-corrected chi connectivity index (χ0v) is 8.80. The third-order valence-electron chi connectivity index (χ3n) is 1.62. The monoisotopic (exact) mass is 256 g/mol. The molecule has 0 aromatic heterocycles. The van der Waals surface area contributed by atoms with Crippen molar-refractivity contribution in [3.8, 4) is 11.5 Å². The van der Waals surface area contributed by atoms with Gasteiger partial charge in [0.25, 0.3) is 0 Å². The Morgan fingerprint density at radius 1 is 1.31 bits per heavy atom. The first-order chi connectivity index (χ1) is 7.34. The van der Waals surface area contributed by atoms with Gasteiger partial charge in [0.15, 0.2) is 0 Å². The van der Waals surface area contributed by atoms with Crippen molar-refractivity contribution in [2.75, 3.05) is 7.11 Å². The Kier molecular flexibility index (Phi) is 3.63. The first-order valence-corrected chi connectivity index (χ1v) is 5.30. The van der Waals surface area contributed by atoms with Gasteiger partial charge in [0, 0.05) is 6.07 Å². The summed E-state index contributed by atoms with van der Waals surface area (Å²) in [5, 5.41) is 0. The molecular weight excluding hydrogens is 249 g/mol. The molecule has 0 amide bonds. The van der Waals surface area contributed by atoms with Crippen molar-refractivity contribution in [3.63, 3.8) is 0 Å². The molecule has 0 atom stereocenters. The van der Waals surface area contributed by atoms with Crippen molar-refractivity contribution in [2.24, 2.45) is 0 Å². The Balaban J connectivity index is 3.22. The van der Waals surface area contributed by atoms with Crippen LogP contribution in [0.25, 0.3) is 0 Å². The van der Waals surface area contributed by atoms with Gasteiger partial charge in [-0.3, -0.25) is 0 Å². The molecule has 0 fully saturated rings. The van der Waals surface area contributed by atoms with Crippen LogP contribution in [0.4, 0.5) is 12.7 Å². The molecule has 0 saturated carbocycles. The molecule has 0 aliphatic rings. The molecule has 4 nitrogen and oxygen atoms in total. The third kappa shape index (κ3) is 3.02. The number of halogens is 3. The second kappa shape index (κ2) is 4.60. The summed E-state index contributed by atoms with van der Waals surface area (Å²) >= 11 is 0. The first kappa shape index (κ1) is 12.6. The van der Waals surface area contributed by atoms with E-state index in [0.29, 0.717) is 6.07 Å². The molecule has 0 saturated heterocycles. The van der Waals surface area contributed by atoms with Gasteiger partial charge >= 0.3 is 16.8 Å². The quantitative estimate of drug-likeness (QED) is 0.773. The molecule has 90 valence electrons. The summed E-state index contributed by atoms with van der Waals surface area (Å²) in [7, 11) is -3.93. The maximum Gasteiger partial charge on any atom is 0.387 e. The van der Waals surface area contributed by atoms with Crippen LogP contribution in [0.15, 0.2) is 23.1 Å².